The van der Waals surface area contributed by atoms with Crippen LogP contribution in [0.5, 0.6) is 0 Å². The van der Waals surface area contributed by atoms with Gasteiger partial charge in [0.05, 0.1) is 18.2 Å². The van der Waals surface area contributed by atoms with Crippen LogP contribution in [-0.2, 0) is 4.74 Å². The quantitative estimate of drug-likeness (QED) is 0.471. The number of benzene rings is 2. The summed E-state index contributed by atoms with van der Waals surface area (Å²) >= 11 is 0. The van der Waals surface area contributed by atoms with E-state index in [2.05, 4.69) is 15.3 Å². The number of ether oxygens (including phenoxy) is 1. The Morgan fingerprint density at radius 1 is 0.968 bits per heavy atom. The van der Waals surface area contributed by atoms with Crippen molar-refractivity contribution < 1.29 is 14.3 Å². The van der Waals surface area contributed by atoms with Crippen LogP contribution >= 0.6 is 0 Å². The number of hydrogen-bond acceptors (Lipinski definition) is 5. The fourth-order valence-corrected chi connectivity index (χ4v) is 3.26. The number of carbonyl (C=O) groups excluding carboxylic acids is 2. The first-order valence-electron chi connectivity index (χ1n) is 9.71. The third kappa shape index (κ3) is 4.25. The molecule has 7 nitrogen and oxygen atoms in total. The van der Waals surface area contributed by atoms with Gasteiger partial charge in [-0.2, -0.15) is 0 Å². The highest BCUT2D eigenvalue weighted by Gasteiger charge is 2.10. The van der Waals surface area contributed by atoms with Crippen molar-refractivity contribution in [2.45, 2.75) is 0 Å². The number of pyridine rings is 1. The molecule has 7 heteroatoms. The molecule has 0 bridgehead atoms. The monoisotopic (exact) mass is 414 g/mol. The fraction of sp³-hybridized carbons (Fsp3) is 0.125. The van der Waals surface area contributed by atoms with Crippen LogP contribution in [0.25, 0.3) is 22.2 Å². The average Bonchev–Trinajstić information content (AvgIpc) is 3.22. The van der Waals surface area contributed by atoms with E-state index >= 15 is 0 Å². The molecule has 0 saturated carbocycles. The molecule has 0 saturated heterocycles. The smallest absolute Gasteiger partial charge is 0.337 e. The summed E-state index contributed by atoms with van der Waals surface area (Å²) in [6.45, 7) is 0. The van der Waals surface area contributed by atoms with Crippen molar-refractivity contribution in [1.29, 1.82) is 0 Å². The molecule has 0 atom stereocenters. The topological polar surface area (TPSA) is 87.3 Å². The van der Waals surface area contributed by atoms with Gasteiger partial charge < -0.3 is 19.9 Å². The molecular weight excluding hydrogens is 392 g/mol. The standard InChI is InChI=1S/C24H22N4O3/c1-28(2)23(29)16-6-4-15(5-7-16)20-12-18-14-25-22(13-21(18)27-20)26-19-10-8-17(9-11-19)24(30)31-3/h4-14,27H,1-3H3,(H,25,26). The zero-order valence-electron chi connectivity index (χ0n) is 17.5. The van der Waals surface area contributed by atoms with Gasteiger partial charge >= 0.3 is 5.97 Å². The lowest BCUT2D eigenvalue weighted by atomic mass is 10.1. The van der Waals surface area contributed by atoms with Gasteiger partial charge in [0.15, 0.2) is 0 Å². The number of rotatable bonds is 5. The molecule has 31 heavy (non-hydrogen) atoms. The number of fused-ring (bicyclic) bond motifs is 1. The molecule has 0 unspecified atom stereocenters. The lowest BCUT2D eigenvalue weighted by Crippen LogP contribution is -2.21. The maximum absolute atomic E-state index is 12.1. The summed E-state index contributed by atoms with van der Waals surface area (Å²) in [6, 6.07) is 18.5. The van der Waals surface area contributed by atoms with Crippen LogP contribution in [0.15, 0.2) is 66.9 Å². The largest absolute Gasteiger partial charge is 0.465 e. The summed E-state index contributed by atoms with van der Waals surface area (Å²) in [5.41, 5.74) is 4.82. The molecule has 2 heterocycles. The molecule has 2 aromatic heterocycles. The molecule has 1 amide bonds. The number of H-pyrrole nitrogens is 1. The predicted molar refractivity (Wildman–Crippen MR) is 121 cm³/mol. The molecule has 0 radical (unpaired) electrons. The number of hydrogen-bond donors (Lipinski definition) is 2. The Hall–Kier alpha value is -4.13. The van der Waals surface area contributed by atoms with Gasteiger partial charge in [-0.3, -0.25) is 4.79 Å². The van der Waals surface area contributed by atoms with E-state index in [1.54, 1.807) is 49.5 Å². The minimum Gasteiger partial charge on any atom is -0.465 e. The maximum atomic E-state index is 12.1. The van der Waals surface area contributed by atoms with Gasteiger partial charge in [0.1, 0.15) is 5.82 Å². The van der Waals surface area contributed by atoms with Crippen molar-refractivity contribution in [2.24, 2.45) is 0 Å². The number of esters is 1. The third-order valence-electron chi connectivity index (χ3n) is 4.93. The molecule has 0 aliphatic rings. The zero-order valence-corrected chi connectivity index (χ0v) is 17.5. The highest BCUT2D eigenvalue weighted by molar-refractivity contribution is 5.95. The fourth-order valence-electron chi connectivity index (χ4n) is 3.26. The summed E-state index contributed by atoms with van der Waals surface area (Å²) < 4.78 is 4.72. The van der Waals surface area contributed by atoms with E-state index in [9.17, 15) is 9.59 Å². The van der Waals surface area contributed by atoms with Gasteiger partial charge in [0, 0.05) is 48.7 Å². The summed E-state index contributed by atoms with van der Waals surface area (Å²) in [5, 5.41) is 4.22. The minimum absolute atomic E-state index is 0.0252. The Kier molecular flexibility index (Phi) is 5.41. The van der Waals surface area contributed by atoms with Crippen LogP contribution in [-0.4, -0.2) is 47.9 Å². The first kappa shape index (κ1) is 20.2. The number of amides is 1. The number of carbonyl (C=O) groups is 2. The number of aromatic nitrogens is 2. The highest BCUT2D eigenvalue weighted by Crippen LogP contribution is 2.26. The van der Waals surface area contributed by atoms with Gasteiger partial charge in [0.25, 0.3) is 5.91 Å². The number of anilines is 2. The molecule has 0 aliphatic carbocycles. The van der Waals surface area contributed by atoms with Crippen molar-refractivity contribution in [3.63, 3.8) is 0 Å². The molecule has 0 spiro atoms. The summed E-state index contributed by atoms with van der Waals surface area (Å²) in [6.07, 6.45) is 1.80. The van der Waals surface area contributed by atoms with Crippen molar-refractivity contribution in [3.05, 3.63) is 78.0 Å². The maximum Gasteiger partial charge on any atom is 0.337 e. The molecule has 156 valence electrons. The Balaban J connectivity index is 1.54. The van der Waals surface area contributed by atoms with E-state index in [4.69, 9.17) is 4.74 Å². The molecule has 0 fully saturated rings. The van der Waals surface area contributed by atoms with E-state index in [1.807, 2.05) is 36.4 Å². The van der Waals surface area contributed by atoms with Gasteiger partial charge in [0.2, 0.25) is 0 Å². The normalized spacial score (nSPS) is 10.7. The summed E-state index contributed by atoms with van der Waals surface area (Å²) in [4.78, 5) is 33.0. The van der Waals surface area contributed by atoms with E-state index in [0.717, 1.165) is 27.8 Å². The van der Waals surface area contributed by atoms with Crippen LogP contribution in [0, 0.1) is 0 Å². The van der Waals surface area contributed by atoms with Crippen molar-refractivity contribution in [2.75, 3.05) is 26.5 Å². The van der Waals surface area contributed by atoms with E-state index < -0.39 is 0 Å². The van der Waals surface area contributed by atoms with E-state index in [1.165, 1.54) is 7.11 Å². The van der Waals surface area contributed by atoms with Crippen LogP contribution in [0.3, 0.4) is 0 Å². The van der Waals surface area contributed by atoms with Crippen LogP contribution in [0.2, 0.25) is 0 Å². The minimum atomic E-state index is -0.371. The van der Waals surface area contributed by atoms with Crippen LogP contribution < -0.4 is 5.32 Å². The molecule has 2 N–H and O–H groups in total. The molecule has 4 aromatic rings. The zero-order chi connectivity index (χ0) is 22.0. The van der Waals surface area contributed by atoms with Crippen molar-refractivity contribution >= 4 is 34.3 Å². The third-order valence-corrected chi connectivity index (χ3v) is 4.93. The number of nitrogens with zero attached hydrogens (tertiary/aromatic N) is 2. The predicted octanol–water partition coefficient (Wildman–Crippen LogP) is 4.46. The van der Waals surface area contributed by atoms with Gasteiger partial charge in [-0.05, 0) is 48.0 Å². The van der Waals surface area contributed by atoms with Crippen molar-refractivity contribution in [1.82, 2.24) is 14.9 Å². The van der Waals surface area contributed by atoms with Gasteiger partial charge in [-0.1, -0.05) is 12.1 Å². The second kappa shape index (κ2) is 8.31. The Bertz CT molecular complexity index is 1240. The van der Waals surface area contributed by atoms with Crippen LogP contribution in [0.1, 0.15) is 20.7 Å². The van der Waals surface area contributed by atoms with Gasteiger partial charge in [-0.15, -0.1) is 0 Å². The van der Waals surface area contributed by atoms with Gasteiger partial charge in [-0.25, -0.2) is 9.78 Å². The molecule has 2 aromatic carbocycles. The SMILES string of the molecule is COC(=O)c1ccc(Nc2cc3[nH]c(-c4ccc(C(=O)N(C)C)cc4)cc3cn2)cc1. The summed E-state index contributed by atoms with van der Waals surface area (Å²) in [7, 11) is 4.83. The first-order chi connectivity index (χ1) is 14.9. The van der Waals surface area contributed by atoms with Crippen LogP contribution in [0.4, 0.5) is 11.5 Å². The number of aromatic amines is 1. The van der Waals surface area contributed by atoms with Crippen molar-refractivity contribution in [3.8, 4) is 11.3 Å². The second-order valence-electron chi connectivity index (χ2n) is 7.31. The summed E-state index contributed by atoms with van der Waals surface area (Å²) in [5.74, 6) is 0.283. The highest BCUT2D eigenvalue weighted by atomic mass is 16.5. The average molecular weight is 414 g/mol. The first-order valence-corrected chi connectivity index (χ1v) is 9.71. The Morgan fingerprint density at radius 3 is 2.29 bits per heavy atom. The van der Waals surface area contributed by atoms with E-state index in [0.29, 0.717) is 16.9 Å². The Morgan fingerprint density at radius 2 is 1.65 bits per heavy atom. The lowest BCUT2D eigenvalue weighted by molar-refractivity contribution is 0.0600. The second-order valence-corrected chi connectivity index (χ2v) is 7.31. The number of nitrogens with one attached hydrogen (secondary N) is 2. The van der Waals surface area contributed by atoms with E-state index in [-0.39, 0.29) is 11.9 Å². The molecular formula is C24H22N4O3. The molecule has 4 rings (SSSR count). The Labute approximate surface area is 179 Å². The molecule has 0 aliphatic heterocycles. The lowest BCUT2D eigenvalue weighted by Gasteiger charge is -2.10. The number of methoxy groups -OCH3 is 1.